The summed E-state index contributed by atoms with van der Waals surface area (Å²) in [4.78, 5) is 20.8. The second kappa shape index (κ2) is 6.42. The van der Waals surface area contributed by atoms with Crippen LogP contribution < -0.4 is 4.74 Å². The monoisotopic (exact) mass is 341 g/mol. The zero-order valence-corrected chi connectivity index (χ0v) is 12.2. The highest BCUT2D eigenvalue weighted by molar-refractivity contribution is 5.94. The Labute approximate surface area is 133 Å². The van der Waals surface area contributed by atoms with E-state index in [1.165, 1.54) is 4.90 Å². The number of hydrogen-bond acceptors (Lipinski definition) is 4. The Balaban J connectivity index is 1.68. The maximum atomic E-state index is 13.7. The van der Waals surface area contributed by atoms with Crippen LogP contribution in [0.4, 0.5) is 17.6 Å². The molecule has 24 heavy (non-hydrogen) atoms. The summed E-state index contributed by atoms with van der Waals surface area (Å²) in [6.07, 6.45) is 1.83. The fourth-order valence-electron chi connectivity index (χ4n) is 2.38. The van der Waals surface area contributed by atoms with Crippen molar-refractivity contribution in [2.24, 2.45) is 0 Å². The molecule has 1 fully saturated rings. The van der Waals surface area contributed by atoms with E-state index in [0.29, 0.717) is 12.5 Å². The third-order valence-corrected chi connectivity index (χ3v) is 3.57. The number of nitrogens with zero attached hydrogens (tertiary/aromatic N) is 3. The predicted molar refractivity (Wildman–Crippen MR) is 73.2 cm³/mol. The van der Waals surface area contributed by atoms with Crippen LogP contribution in [0.1, 0.15) is 16.8 Å². The fourth-order valence-corrected chi connectivity index (χ4v) is 2.38. The molecule has 0 unspecified atom stereocenters. The van der Waals surface area contributed by atoms with Gasteiger partial charge in [-0.15, -0.1) is 0 Å². The van der Waals surface area contributed by atoms with Crippen molar-refractivity contribution < 1.29 is 27.1 Å². The van der Waals surface area contributed by atoms with Crippen LogP contribution in [-0.2, 0) is 0 Å². The van der Waals surface area contributed by atoms with Gasteiger partial charge in [0.1, 0.15) is 6.10 Å². The van der Waals surface area contributed by atoms with E-state index in [4.69, 9.17) is 4.74 Å². The molecule has 1 aliphatic rings. The van der Waals surface area contributed by atoms with E-state index in [1.54, 1.807) is 0 Å². The van der Waals surface area contributed by atoms with Gasteiger partial charge in [0.15, 0.2) is 23.3 Å². The van der Waals surface area contributed by atoms with E-state index >= 15 is 0 Å². The molecule has 1 amide bonds. The highest BCUT2D eigenvalue weighted by Gasteiger charge is 2.31. The van der Waals surface area contributed by atoms with E-state index < -0.39 is 40.8 Å². The molecule has 2 heterocycles. The van der Waals surface area contributed by atoms with Gasteiger partial charge in [-0.25, -0.2) is 27.5 Å². The average molecular weight is 341 g/mol. The van der Waals surface area contributed by atoms with Gasteiger partial charge in [0, 0.05) is 13.0 Å². The molecule has 2 aromatic rings. The minimum absolute atomic E-state index is 0.0466. The molecular formula is C15H11F4N3O2. The third-order valence-electron chi connectivity index (χ3n) is 3.57. The Morgan fingerprint density at radius 2 is 1.83 bits per heavy atom. The maximum Gasteiger partial charge on any atom is 0.316 e. The minimum Gasteiger partial charge on any atom is -0.458 e. The topological polar surface area (TPSA) is 55.3 Å². The molecule has 126 valence electrons. The summed E-state index contributed by atoms with van der Waals surface area (Å²) < 4.78 is 58.0. The number of carbonyl (C=O) groups is 1. The van der Waals surface area contributed by atoms with Crippen LogP contribution in [0.15, 0.2) is 24.5 Å². The quantitative estimate of drug-likeness (QED) is 0.635. The standard InChI is InChI=1S/C15H11F4N3O2/c16-8-5-20-15(21-6-8)24-9-3-4-22(7-9)14(23)10-1-2-11(17)13(19)12(10)18/h1-2,5-6,9H,3-4,7H2/t9-/m0/s1. The summed E-state index contributed by atoms with van der Waals surface area (Å²) in [6, 6.07) is 1.55. The van der Waals surface area contributed by atoms with E-state index in [-0.39, 0.29) is 19.1 Å². The molecule has 1 aliphatic heterocycles. The first-order chi connectivity index (χ1) is 11.5. The van der Waals surface area contributed by atoms with E-state index in [1.807, 2.05) is 0 Å². The zero-order valence-electron chi connectivity index (χ0n) is 12.2. The zero-order chi connectivity index (χ0) is 17.3. The lowest BCUT2D eigenvalue weighted by Gasteiger charge is -2.17. The van der Waals surface area contributed by atoms with Crippen LogP contribution in [-0.4, -0.2) is 40.0 Å². The van der Waals surface area contributed by atoms with Crippen molar-refractivity contribution in [2.75, 3.05) is 13.1 Å². The van der Waals surface area contributed by atoms with Crippen LogP contribution in [0.25, 0.3) is 0 Å². The Kier molecular flexibility index (Phi) is 4.32. The summed E-state index contributed by atoms with van der Waals surface area (Å²) in [7, 11) is 0. The first-order valence-electron chi connectivity index (χ1n) is 7.02. The molecule has 0 bridgehead atoms. The Bertz CT molecular complexity index is 770. The number of benzene rings is 1. The number of halogens is 4. The third kappa shape index (κ3) is 3.15. The molecule has 0 radical (unpaired) electrons. The predicted octanol–water partition coefficient (Wildman–Crippen LogP) is 2.33. The number of rotatable bonds is 3. The molecule has 5 nitrogen and oxygen atoms in total. The van der Waals surface area contributed by atoms with Crippen molar-refractivity contribution in [1.82, 2.24) is 14.9 Å². The minimum atomic E-state index is -1.69. The Morgan fingerprint density at radius 3 is 2.54 bits per heavy atom. The molecule has 1 saturated heterocycles. The van der Waals surface area contributed by atoms with E-state index in [2.05, 4.69) is 9.97 Å². The molecule has 1 aromatic carbocycles. The van der Waals surface area contributed by atoms with Crippen molar-refractivity contribution in [1.29, 1.82) is 0 Å². The van der Waals surface area contributed by atoms with Crippen molar-refractivity contribution in [2.45, 2.75) is 12.5 Å². The largest absolute Gasteiger partial charge is 0.458 e. The molecule has 1 atom stereocenters. The van der Waals surface area contributed by atoms with Crippen molar-refractivity contribution in [3.63, 3.8) is 0 Å². The van der Waals surface area contributed by atoms with Crippen LogP contribution >= 0.6 is 0 Å². The normalized spacial score (nSPS) is 17.2. The molecule has 3 rings (SSSR count). The number of ether oxygens (including phenoxy) is 1. The van der Waals surface area contributed by atoms with Crippen molar-refractivity contribution >= 4 is 5.91 Å². The van der Waals surface area contributed by atoms with Crippen LogP contribution in [0.2, 0.25) is 0 Å². The number of amides is 1. The van der Waals surface area contributed by atoms with Gasteiger partial charge in [-0.05, 0) is 12.1 Å². The van der Waals surface area contributed by atoms with Crippen molar-refractivity contribution in [3.8, 4) is 6.01 Å². The van der Waals surface area contributed by atoms with Gasteiger partial charge >= 0.3 is 6.01 Å². The average Bonchev–Trinajstić information content (AvgIpc) is 3.03. The van der Waals surface area contributed by atoms with E-state index in [9.17, 15) is 22.4 Å². The highest BCUT2D eigenvalue weighted by Crippen LogP contribution is 2.21. The summed E-state index contributed by atoms with van der Waals surface area (Å²) in [5.41, 5.74) is -0.549. The lowest BCUT2D eigenvalue weighted by atomic mass is 10.1. The molecular weight excluding hydrogens is 330 g/mol. The lowest BCUT2D eigenvalue weighted by molar-refractivity contribution is 0.0763. The van der Waals surface area contributed by atoms with E-state index in [0.717, 1.165) is 18.5 Å². The molecule has 0 spiro atoms. The number of aromatic nitrogens is 2. The first kappa shape index (κ1) is 16.2. The smallest absolute Gasteiger partial charge is 0.316 e. The molecule has 0 N–H and O–H groups in total. The van der Waals surface area contributed by atoms with Gasteiger partial charge in [-0.3, -0.25) is 4.79 Å². The number of carbonyl (C=O) groups excluding carboxylic acids is 1. The maximum absolute atomic E-state index is 13.7. The number of likely N-dealkylation sites (tertiary alicyclic amines) is 1. The molecule has 0 saturated carbocycles. The van der Waals surface area contributed by atoms with Gasteiger partial charge < -0.3 is 9.64 Å². The second-order valence-corrected chi connectivity index (χ2v) is 5.19. The van der Waals surface area contributed by atoms with Crippen molar-refractivity contribution in [3.05, 3.63) is 53.4 Å². The Morgan fingerprint density at radius 1 is 1.12 bits per heavy atom. The van der Waals surface area contributed by atoms with Gasteiger partial charge in [-0.2, -0.15) is 0 Å². The summed E-state index contributed by atoms with van der Waals surface area (Å²) in [6.45, 7) is 0.334. The lowest BCUT2D eigenvalue weighted by Crippen LogP contribution is -2.32. The highest BCUT2D eigenvalue weighted by atomic mass is 19.2. The molecule has 0 aliphatic carbocycles. The fraction of sp³-hybridized carbons (Fsp3) is 0.267. The van der Waals surface area contributed by atoms with Crippen LogP contribution in [0.3, 0.4) is 0 Å². The molecule has 9 heteroatoms. The Hall–Kier alpha value is -2.71. The van der Waals surface area contributed by atoms with Crippen LogP contribution in [0, 0.1) is 23.3 Å². The summed E-state index contributed by atoms with van der Waals surface area (Å²) in [5, 5.41) is 0. The van der Waals surface area contributed by atoms with Gasteiger partial charge in [-0.1, -0.05) is 0 Å². The summed E-state index contributed by atoms with van der Waals surface area (Å²) in [5.74, 6) is -5.95. The van der Waals surface area contributed by atoms with Gasteiger partial charge in [0.25, 0.3) is 5.91 Å². The van der Waals surface area contributed by atoms with Crippen LogP contribution in [0.5, 0.6) is 6.01 Å². The van der Waals surface area contributed by atoms with Gasteiger partial charge in [0.05, 0.1) is 24.5 Å². The summed E-state index contributed by atoms with van der Waals surface area (Å²) >= 11 is 0. The van der Waals surface area contributed by atoms with Gasteiger partial charge in [0.2, 0.25) is 0 Å². The SMILES string of the molecule is O=C(c1ccc(F)c(F)c1F)N1CC[C@H](Oc2ncc(F)cn2)C1. The number of hydrogen-bond donors (Lipinski definition) is 0. The second-order valence-electron chi connectivity index (χ2n) is 5.19. The molecule has 1 aromatic heterocycles. The first-order valence-corrected chi connectivity index (χ1v) is 7.02.